The van der Waals surface area contributed by atoms with E-state index in [1.165, 1.54) is 24.0 Å². The molecule has 0 atom stereocenters. The fraction of sp³-hybridized carbons (Fsp3) is 0.500. The second-order valence-electron chi connectivity index (χ2n) is 9.60. The van der Waals surface area contributed by atoms with Crippen molar-refractivity contribution in [2.75, 3.05) is 33.5 Å². The number of rotatable bonds is 7. The molecule has 1 aliphatic heterocycles. The second-order valence-corrected chi connectivity index (χ2v) is 10.0. The van der Waals surface area contributed by atoms with Crippen LogP contribution in [0.1, 0.15) is 68.5 Å². The predicted molar refractivity (Wildman–Crippen MR) is 169 cm³/mol. The zero-order valence-electron chi connectivity index (χ0n) is 25.8. The molecule has 220 valence electrons. The minimum Gasteiger partial charge on any atom is -0.497 e. The van der Waals surface area contributed by atoms with Gasteiger partial charge in [0.05, 0.1) is 35.7 Å². The summed E-state index contributed by atoms with van der Waals surface area (Å²) in [5.41, 5.74) is 13.0. The largest absolute Gasteiger partial charge is 0.497 e. The third kappa shape index (κ3) is 9.08. The zero-order chi connectivity index (χ0) is 29.8. The number of benzene rings is 2. The van der Waals surface area contributed by atoms with E-state index < -0.39 is 0 Å². The number of fused-ring (bicyclic) bond motifs is 1. The fourth-order valence-electron chi connectivity index (χ4n) is 4.41. The van der Waals surface area contributed by atoms with Crippen molar-refractivity contribution >= 4 is 17.5 Å². The van der Waals surface area contributed by atoms with Crippen LogP contribution in [0.2, 0.25) is 5.02 Å². The number of aromatic nitrogens is 2. The van der Waals surface area contributed by atoms with Crippen LogP contribution < -0.4 is 20.5 Å². The molecule has 3 N–H and O–H groups in total. The van der Waals surface area contributed by atoms with Crippen LogP contribution in [0.5, 0.6) is 11.5 Å². The van der Waals surface area contributed by atoms with Crippen molar-refractivity contribution in [3.63, 3.8) is 0 Å². The molecule has 0 radical (unpaired) electrons. The summed E-state index contributed by atoms with van der Waals surface area (Å²) >= 11 is 6.71. The van der Waals surface area contributed by atoms with Crippen LogP contribution in [0.3, 0.4) is 0 Å². The number of halogens is 1. The van der Waals surface area contributed by atoms with Crippen molar-refractivity contribution in [1.82, 2.24) is 20.2 Å². The van der Waals surface area contributed by atoms with Gasteiger partial charge in [-0.2, -0.15) is 0 Å². The summed E-state index contributed by atoms with van der Waals surface area (Å²) in [6, 6.07) is 10.9. The highest BCUT2D eigenvalue weighted by Gasteiger charge is 2.26. The van der Waals surface area contributed by atoms with E-state index in [0.29, 0.717) is 17.4 Å². The van der Waals surface area contributed by atoms with Gasteiger partial charge in [0.2, 0.25) is 5.95 Å². The smallest absolute Gasteiger partial charge is 0.220 e. The average Bonchev–Trinajstić information content (AvgIpc) is 3.71. The first-order valence-electron chi connectivity index (χ1n) is 14.4. The Morgan fingerprint density at radius 2 is 1.75 bits per heavy atom. The number of aryl methyl sites for hydroxylation is 2. The standard InChI is InChI=1S/C24H27ClN4O2.C4H9N.2C2H6/c1-14-9-19(25)22(23-18-12-29(3)13-20(18)27-24(26)28-23)21(10-14)31-8-7-16-5-6-17(30-4)11-15(16)2;1-5-4-2-3-4;2*1-2/h5-6,9-11H,7-8,12-13H2,1-4H3,(H2,26,27,28);4-5H,2-3H2,1H3;2*1-2H3. The van der Waals surface area contributed by atoms with Crippen molar-refractivity contribution in [2.45, 2.75) is 79.9 Å². The number of nitrogens with zero attached hydrogens (tertiary/aromatic N) is 3. The molecule has 1 saturated carbocycles. The van der Waals surface area contributed by atoms with Gasteiger partial charge < -0.3 is 20.5 Å². The first kappa shape index (κ1) is 33.3. The Morgan fingerprint density at radius 3 is 2.33 bits per heavy atom. The third-order valence-corrected chi connectivity index (χ3v) is 6.86. The molecule has 3 aromatic rings. The fourth-order valence-corrected chi connectivity index (χ4v) is 4.76. The number of nitrogens with one attached hydrogen (secondary N) is 1. The lowest BCUT2D eigenvalue weighted by atomic mass is 10.0. The van der Waals surface area contributed by atoms with Crippen molar-refractivity contribution < 1.29 is 9.47 Å². The highest BCUT2D eigenvalue weighted by molar-refractivity contribution is 6.33. The van der Waals surface area contributed by atoms with Crippen LogP contribution in [0.15, 0.2) is 30.3 Å². The van der Waals surface area contributed by atoms with Gasteiger partial charge in [-0.1, -0.05) is 45.4 Å². The molecule has 1 aliphatic carbocycles. The van der Waals surface area contributed by atoms with Crippen LogP contribution in [0, 0.1) is 13.8 Å². The third-order valence-electron chi connectivity index (χ3n) is 6.56. The molecule has 0 bridgehead atoms. The van der Waals surface area contributed by atoms with Crippen LogP contribution in [-0.2, 0) is 19.5 Å². The van der Waals surface area contributed by atoms with E-state index in [4.69, 9.17) is 26.8 Å². The minimum absolute atomic E-state index is 0.250. The maximum absolute atomic E-state index is 6.71. The Bertz CT molecular complexity index is 1230. The molecule has 1 aromatic heterocycles. The van der Waals surface area contributed by atoms with Crippen molar-refractivity contribution in [1.29, 1.82) is 0 Å². The molecule has 1 fully saturated rings. The molecule has 0 amide bonds. The van der Waals surface area contributed by atoms with Crippen LogP contribution in [0.25, 0.3) is 11.3 Å². The first-order chi connectivity index (χ1) is 19.3. The van der Waals surface area contributed by atoms with Gasteiger partial charge in [0.15, 0.2) is 0 Å². The van der Waals surface area contributed by atoms with Gasteiger partial charge in [-0.25, -0.2) is 9.97 Å². The van der Waals surface area contributed by atoms with E-state index in [2.05, 4.69) is 33.2 Å². The highest BCUT2D eigenvalue weighted by atomic mass is 35.5. The number of hydrogen-bond donors (Lipinski definition) is 2. The maximum atomic E-state index is 6.71. The van der Waals surface area contributed by atoms with E-state index in [1.807, 2.05) is 73.0 Å². The topological polar surface area (TPSA) is 85.5 Å². The number of ether oxygens (including phenoxy) is 2. The summed E-state index contributed by atoms with van der Waals surface area (Å²) in [7, 11) is 5.74. The lowest BCUT2D eigenvalue weighted by Crippen LogP contribution is -2.08. The number of nitrogen functional groups attached to an aromatic ring is 1. The summed E-state index contributed by atoms with van der Waals surface area (Å²) < 4.78 is 11.6. The van der Waals surface area contributed by atoms with Gasteiger partial charge in [-0.15, -0.1) is 0 Å². The van der Waals surface area contributed by atoms with Crippen LogP contribution in [0.4, 0.5) is 5.95 Å². The Balaban J connectivity index is 0.000000543. The zero-order valence-corrected chi connectivity index (χ0v) is 26.6. The van der Waals surface area contributed by atoms with E-state index in [1.54, 1.807) is 7.11 Å². The van der Waals surface area contributed by atoms with Crippen LogP contribution in [-0.4, -0.2) is 48.7 Å². The number of anilines is 1. The van der Waals surface area contributed by atoms with Crippen molar-refractivity contribution in [3.8, 4) is 22.8 Å². The lowest BCUT2D eigenvalue weighted by Gasteiger charge is -2.17. The summed E-state index contributed by atoms with van der Waals surface area (Å²) in [4.78, 5) is 11.2. The van der Waals surface area contributed by atoms with E-state index in [9.17, 15) is 0 Å². The van der Waals surface area contributed by atoms with E-state index in [0.717, 1.165) is 59.4 Å². The molecule has 7 nitrogen and oxygen atoms in total. The Hall–Kier alpha value is -2.87. The average molecular weight is 570 g/mol. The Labute approximate surface area is 246 Å². The molecule has 0 unspecified atom stereocenters. The quantitative estimate of drug-likeness (QED) is 0.317. The highest BCUT2D eigenvalue weighted by Crippen LogP contribution is 2.41. The van der Waals surface area contributed by atoms with E-state index in [-0.39, 0.29) is 5.95 Å². The van der Waals surface area contributed by atoms with Crippen molar-refractivity contribution in [2.24, 2.45) is 0 Å². The summed E-state index contributed by atoms with van der Waals surface area (Å²) in [6.45, 7) is 14.1. The molecular weight excluding hydrogens is 522 g/mol. The molecule has 5 rings (SSSR count). The molecule has 8 heteroatoms. The summed E-state index contributed by atoms with van der Waals surface area (Å²) in [5, 5.41) is 3.74. The minimum atomic E-state index is 0.250. The van der Waals surface area contributed by atoms with Crippen molar-refractivity contribution in [3.05, 3.63) is 63.3 Å². The van der Waals surface area contributed by atoms with Gasteiger partial charge in [0.1, 0.15) is 11.5 Å². The van der Waals surface area contributed by atoms with Gasteiger partial charge in [0.25, 0.3) is 0 Å². The maximum Gasteiger partial charge on any atom is 0.220 e. The molecular formula is C32H48ClN5O2. The molecule has 2 aromatic carbocycles. The SMILES string of the molecule is CC.CC.CNC1CC1.COc1ccc(CCOc2cc(C)cc(Cl)c2-c2nc(N)nc3c2CN(C)C3)c(C)c1. The number of hydrogen-bond acceptors (Lipinski definition) is 7. The summed E-state index contributed by atoms with van der Waals surface area (Å²) in [6.07, 6.45) is 3.57. The first-order valence-corrected chi connectivity index (χ1v) is 14.7. The molecule has 2 aliphatic rings. The number of methoxy groups -OCH3 is 1. The predicted octanol–water partition coefficient (Wildman–Crippen LogP) is 6.99. The lowest BCUT2D eigenvalue weighted by molar-refractivity contribution is 0.322. The van der Waals surface area contributed by atoms with E-state index >= 15 is 0 Å². The van der Waals surface area contributed by atoms with Gasteiger partial charge >= 0.3 is 0 Å². The summed E-state index contributed by atoms with van der Waals surface area (Å²) in [5.74, 6) is 1.82. The normalized spacial score (nSPS) is 13.6. The number of nitrogens with two attached hydrogens (primary N) is 1. The van der Waals surface area contributed by atoms with Gasteiger partial charge in [-0.05, 0) is 81.7 Å². The molecule has 0 spiro atoms. The van der Waals surface area contributed by atoms with Gasteiger partial charge in [0, 0.05) is 31.1 Å². The Kier molecular flexibility index (Phi) is 13.7. The molecule has 0 saturated heterocycles. The monoisotopic (exact) mass is 569 g/mol. The molecule has 2 heterocycles. The second kappa shape index (κ2) is 16.4. The van der Waals surface area contributed by atoms with Gasteiger partial charge in [-0.3, -0.25) is 4.90 Å². The molecule has 40 heavy (non-hydrogen) atoms. The van der Waals surface area contributed by atoms with Crippen LogP contribution >= 0.6 is 11.6 Å². The Morgan fingerprint density at radius 1 is 1.05 bits per heavy atom.